The van der Waals surface area contributed by atoms with Gasteiger partial charge in [-0.25, -0.2) is 14.0 Å². The first-order chi connectivity index (χ1) is 14.4. The van der Waals surface area contributed by atoms with E-state index in [0.717, 1.165) is 0 Å². The van der Waals surface area contributed by atoms with E-state index in [1.54, 1.807) is 37.3 Å². The molecular formula is C21H19FN4O4. The molecule has 1 aromatic heterocycles. The van der Waals surface area contributed by atoms with Crippen LogP contribution in [-0.4, -0.2) is 29.5 Å². The van der Waals surface area contributed by atoms with Gasteiger partial charge in [0.25, 0.3) is 5.91 Å². The molecule has 0 saturated heterocycles. The van der Waals surface area contributed by atoms with Crippen molar-refractivity contribution in [2.24, 2.45) is 5.73 Å². The van der Waals surface area contributed by atoms with Gasteiger partial charge in [-0.15, -0.1) is 0 Å². The molecule has 9 heteroatoms. The fraction of sp³-hybridized carbons (Fsp3) is 0.0952. The molecule has 0 atom stereocenters. The van der Waals surface area contributed by atoms with E-state index in [4.69, 9.17) is 10.5 Å². The van der Waals surface area contributed by atoms with Crippen LogP contribution < -0.4 is 16.4 Å². The predicted molar refractivity (Wildman–Crippen MR) is 110 cm³/mol. The lowest BCUT2D eigenvalue weighted by Gasteiger charge is -2.10. The maximum atomic E-state index is 13.2. The van der Waals surface area contributed by atoms with Crippen LogP contribution in [-0.2, 0) is 4.74 Å². The van der Waals surface area contributed by atoms with Crippen molar-refractivity contribution in [3.8, 4) is 11.1 Å². The van der Waals surface area contributed by atoms with Gasteiger partial charge < -0.3 is 26.1 Å². The lowest BCUT2D eigenvalue weighted by Crippen LogP contribution is -2.19. The van der Waals surface area contributed by atoms with E-state index in [9.17, 15) is 18.8 Å². The number of aromatic amines is 1. The third-order valence-electron chi connectivity index (χ3n) is 4.14. The van der Waals surface area contributed by atoms with Crippen LogP contribution >= 0.6 is 0 Å². The minimum Gasteiger partial charge on any atom is -0.462 e. The van der Waals surface area contributed by atoms with Crippen molar-refractivity contribution < 1.29 is 23.5 Å². The fourth-order valence-electron chi connectivity index (χ4n) is 2.87. The summed E-state index contributed by atoms with van der Waals surface area (Å²) in [6, 6.07) is 11.4. The summed E-state index contributed by atoms with van der Waals surface area (Å²) < 4.78 is 18.2. The minimum absolute atomic E-state index is 0.0719. The lowest BCUT2D eigenvalue weighted by atomic mass is 10.0. The number of carbonyl (C=O) groups is 3. The number of amides is 3. The van der Waals surface area contributed by atoms with Gasteiger partial charge in [0.2, 0.25) is 0 Å². The van der Waals surface area contributed by atoms with Crippen LogP contribution in [0.3, 0.4) is 0 Å². The summed E-state index contributed by atoms with van der Waals surface area (Å²) in [5, 5.41) is 5.13. The van der Waals surface area contributed by atoms with Crippen LogP contribution in [0.15, 0.2) is 54.7 Å². The van der Waals surface area contributed by atoms with E-state index in [0.29, 0.717) is 22.5 Å². The molecule has 0 aliphatic heterocycles. The zero-order valence-electron chi connectivity index (χ0n) is 16.0. The molecule has 0 bridgehead atoms. The Morgan fingerprint density at radius 1 is 1.07 bits per heavy atom. The number of urea groups is 1. The van der Waals surface area contributed by atoms with Crippen molar-refractivity contribution in [3.63, 3.8) is 0 Å². The number of halogens is 1. The number of esters is 1. The Hall–Kier alpha value is -4.14. The molecule has 0 unspecified atom stereocenters. The molecule has 8 nitrogen and oxygen atoms in total. The average Bonchev–Trinajstić information content (AvgIpc) is 3.14. The van der Waals surface area contributed by atoms with Crippen molar-refractivity contribution in [3.05, 3.63) is 71.8 Å². The van der Waals surface area contributed by atoms with Gasteiger partial charge in [0.05, 0.1) is 12.2 Å². The Morgan fingerprint density at radius 2 is 1.77 bits per heavy atom. The molecule has 154 valence electrons. The Balaban J connectivity index is 1.80. The highest BCUT2D eigenvalue weighted by atomic mass is 19.1. The largest absolute Gasteiger partial charge is 0.462 e. The van der Waals surface area contributed by atoms with Crippen LogP contribution in [0.25, 0.3) is 11.1 Å². The van der Waals surface area contributed by atoms with Gasteiger partial charge in [0.1, 0.15) is 11.5 Å². The first-order valence-corrected chi connectivity index (χ1v) is 9.01. The maximum Gasteiger partial charge on any atom is 0.340 e. The summed E-state index contributed by atoms with van der Waals surface area (Å²) >= 11 is 0. The second-order valence-electron chi connectivity index (χ2n) is 6.20. The first-order valence-electron chi connectivity index (χ1n) is 9.01. The predicted octanol–water partition coefficient (Wildman–Crippen LogP) is 3.74. The van der Waals surface area contributed by atoms with Gasteiger partial charge in [-0.05, 0) is 42.8 Å². The highest BCUT2D eigenvalue weighted by molar-refractivity contribution is 6.07. The summed E-state index contributed by atoms with van der Waals surface area (Å²) in [4.78, 5) is 38.7. The van der Waals surface area contributed by atoms with Crippen molar-refractivity contribution in [1.29, 1.82) is 0 Å². The molecule has 1 heterocycles. The zero-order valence-corrected chi connectivity index (χ0v) is 16.0. The molecule has 3 aromatic rings. The number of anilines is 2. The number of hydrogen-bond donors (Lipinski definition) is 4. The quantitative estimate of drug-likeness (QED) is 0.462. The summed E-state index contributed by atoms with van der Waals surface area (Å²) in [7, 11) is 0. The summed E-state index contributed by atoms with van der Waals surface area (Å²) in [5.74, 6) is -1.78. The Labute approximate surface area is 171 Å². The van der Waals surface area contributed by atoms with Crippen LogP contribution in [0.2, 0.25) is 0 Å². The van der Waals surface area contributed by atoms with Gasteiger partial charge >= 0.3 is 12.0 Å². The number of H-pyrrole nitrogens is 1. The second kappa shape index (κ2) is 8.91. The molecule has 5 N–H and O–H groups in total. The Bertz CT molecular complexity index is 1090. The van der Waals surface area contributed by atoms with E-state index in [1.165, 1.54) is 24.4 Å². The van der Waals surface area contributed by atoms with E-state index >= 15 is 0 Å². The topological polar surface area (TPSA) is 126 Å². The van der Waals surface area contributed by atoms with E-state index in [1.807, 2.05) is 0 Å². The standard InChI is InChI=1S/C21H19FN4O4/c1-2-30-20(28)16-11-24-18(19(23)27)17(16)12-6-8-14(9-7-12)25-21(29)26-15-5-3-4-13(22)10-15/h3-11,24H,2H2,1H3,(H2,23,27)(H2,25,26,29). The number of nitrogens with one attached hydrogen (secondary N) is 3. The zero-order chi connectivity index (χ0) is 21.7. The van der Waals surface area contributed by atoms with E-state index in [2.05, 4.69) is 15.6 Å². The normalized spacial score (nSPS) is 10.3. The number of carbonyl (C=O) groups excluding carboxylic acids is 3. The summed E-state index contributed by atoms with van der Waals surface area (Å²) in [5.41, 5.74) is 7.25. The SMILES string of the molecule is CCOC(=O)c1c[nH]c(C(N)=O)c1-c1ccc(NC(=O)Nc2cccc(F)c2)cc1. The van der Waals surface area contributed by atoms with Crippen molar-refractivity contribution in [2.75, 3.05) is 17.2 Å². The number of rotatable bonds is 6. The number of hydrogen-bond acceptors (Lipinski definition) is 4. The minimum atomic E-state index is -0.725. The smallest absolute Gasteiger partial charge is 0.340 e. The van der Waals surface area contributed by atoms with Gasteiger partial charge in [0.15, 0.2) is 0 Å². The molecule has 0 saturated carbocycles. The monoisotopic (exact) mass is 410 g/mol. The molecule has 30 heavy (non-hydrogen) atoms. The third-order valence-corrected chi connectivity index (χ3v) is 4.14. The van der Waals surface area contributed by atoms with Gasteiger partial charge in [0, 0.05) is 23.1 Å². The van der Waals surface area contributed by atoms with Gasteiger partial charge in [-0.3, -0.25) is 4.79 Å². The number of nitrogens with two attached hydrogens (primary N) is 1. The highest BCUT2D eigenvalue weighted by Gasteiger charge is 2.22. The first kappa shape index (κ1) is 20.6. The molecule has 0 fully saturated rings. The Kier molecular flexibility index (Phi) is 6.11. The van der Waals surface area contributed by atoms with E-state index in [-0.39, 0.29) is 17.9 Å². The molecule has 2 aromatic carbocycles. The van der Waals surface area contributed by atoms with Gasteiger partial charge in [-0.2, -0.15) is 0 Å². The molecular weight excluding hydrogens is 391 g/mol. The summed E-state index contributed by atoms with van der Waals surface area (Å²) in [6.07, 6.45) is 1.37. The van der Waals surface area contributed by atoms with Crippen LogP contribution in [0, 0.1) is 5.82 Å². The lowest BCUT2D eigenvalue weighted by molar-refractivity contribution is 0.0527. The van der Waals surface area contributed by atoms with Crippen LogP contribution in [0.1, 0.15) is 27.8 Å². The number of aromatic nitrogens is 1. The second-order valence-corrected chi connectivity index (χ2v) is 6.20. The number of benzene rings is 2. The molecule has 0 aliphatic rings. The Morgan fingerprint density at radius 3 is 2.40 bits per heavy atom. The highest BCUT2D eigenvalue weighted by Crippen LogP contribution is 2.29. The number of primary amides is 1. The van der Waals surface area contributed by atoms with Crippen molar-refractivity contribution in [1.82, 2.24) is 4.98 Å². The average molecular weight is 410 g/mol. The molecule has 0 radical (unpaired) electrons. The summed E-state index contributed by atoms with van der Waals surface area (Å²) in [6.45, 7) is 1.85. The van der Waals surface area contributed by atoms with Crippen molar-refractivity contribution >= 4 is 29.3 Å². The number of ether oxygens (including phenoxy) is 1. The molecule has 3 amide bonds. The molecule has 0 spiro atoms. The fourth-order valence-corrected chi connectivity index (χ4v) is 2.87. The van der Waals surface area contributed by atoms with E-state index < -0.39 is 23.7 Å². The molecule has 0 aliphatic carbocycles. The molecule has 3 rings (SSSR count). The van der Waals surface area contributed by atoms with Gasteiger partial charge in [-0.1, -0.05) is 18.2 Å². The third kappa shape index (κ3) is 4.64. The van der Waals surface area contributed by atoms with Crippen LogP contribution in [0.4, 0.5) is 20.6 Å². The van der Waals surface area contributed by atoms with Crippen LogP contribution in [0.5, 0.6) is 0 Å². The maximum absolute atomic E-state index is 13.2. The van der Waals surface area contributed by atoms with Crippen molar-refractivity contribution in [2.45, 2.75) is 6.92 Å².